The molecule has 0 aliphatic rings. The fourth-order valence-electron chi connectivity index (χ4n) is 1.33. The first kappa shape index (κ1) is 13.6. The van der Waals surface area contributed by atoms with Gasteiger partial charge in [0.1, 0.15) is 0 Å². The van der Waals surface area contributed by atoms with Crippen molar-refractivity contribution in [3.05, 3.63) is 34.3 Å². The minimum absolute atomic E-state index is 0.0503. The van der Waals surface area contributed by atoms with Gasteiger partial charge in [0.15, 0.2) is 0 Å². The van der Waals surface area contributed by atoms with Gasteiger partial charge in [0.2, 0.25) is 10.0 Å². The van der Waals surface area contributed by atoms with Crippen LogP contribution in [0.2, 0.25) is 0 Å². The maximum Gasteiger partial charge on any atom is 0.213 e. The highest BCUT2D eigenvalue weighted by molar-refractivity contribution is 9.10. The highest BCUT2D eigenvalue weighted by Gasteiger charge is 2.14. The molecular formula is C10H15BrN2O2S. The van der Waals surface area contributed by atoms with Crippen molar-refractivity contribution in [1.29, 1.82) is 0 Å². The summed E-state index contributed by atoms with van der Waals surface area (Å²) in [6.07, 6.45) is 0. The van der Waals surface area contributed by atoms with Crippen LogP contribution in [0.15, 0.2) is 28.7 Å². The van der Waals surface area contributed by atoms with E-state index >= 15 is 0 Å². The Morgan fingerprint density at radius 3 is 2.75 bits per heavy atom. The number of hydrogen-bond donors (Lipinski definition) is 2. The topological polar surface area (TPSA) is 72.2 Å². The number of benzene rings is 1. The second-order valence-electron chi connectivity index (χ2n) is 3.50. The number of halogens is 1. The first-order valence-corrected chi connectivity index (χ1v) is 7.34. The molecule has 16 heavy (non-hydrogen) atoms. The van der Waals surface area contributed by atoms with E-state index < -0.39 is 10.0 Å². The summed E-state index contributed by atoms with van der Waals surface area (Å²) in [6, 6.07) is 7.27. The fourth-order valence-corrected chi connectivity index (χ4v) is 2.85. The molecular weight excluding hydrogens is 292 g/mol. The van der Waals surface area contributed by atoms with E-state index in [-0.39, 0.29) is 18.3 Å². The third kappa shape index (κ3) is 4.21. The number of rotatable bonds is 5. The second kappa shape index (κ2) is 5.77. The molecule has 1 rings (SSSR count). The standard InChI is InChI=1S/C10H15BrN2O2S/c1-8(13-16(14,15)6-5-12)9-3-2-4-10(11)7-9/h2-4,7-8,13H,5-6,12H2,1H3. The molecule has 0 fully saturated rings. The van der Waals surface area contributed by atoms with Gasteiger partial charge in [0.25, 0.3) is 0 Å². The molecule has 0 aromatic heterocycles. The summed E-state index contributed by atoms with van der Waals surface area (Å²) in [4.78, 5) is 0. The van der Waals surface area contributed by atoms with Crippen molar-refractivity contribution in [1.82, 2.24) is 4.72 Å². The van der Waals surface area contributed by atoms with E-state index in [9.17, 15) is 8.42 Å². The molecule has 0 aliphatic heterocycles. The molecule has 0 radical (unpaired) electrons. The zero-order chi connectivity index (χ0) is 12.2. The molecule has 90 valence electrons. The van der Waals surface area contributed by atoms with Crippen LogP contribution in [0.5, 0.6) is 0 Å². The third-order valence-corrected chi connectivity index (χ3v) is 4.07. The molecule has 0 bridgehead atoms. The minimum atomic E-state index is -3.28. The Labute approximate surface area is 104 Å². The highest BCUT2D eigenvalue weighted by atomic mass is 79.9. The summed E-state index contributed by atoms with van der Waals surface area (Å²) in [7, 11) is -3.28. The van der Waals surface area contributed by atoms with E-state index in [2.05, 4.69) is 20.7 Å². The van der Waals surface area contributed by atoms with Crippen LogP contribution in [0.4, 0.5) is 0 Å². The quantitative estimate of drug-likeness (QED) is 0.863. The molecule has 0 amide bonds. The largest absolute Gasteiger partial charge is 0.329 e. The normalized spacial score (nSPS) is 13.7. The Kier molecular flexibility index (Phi) is 4.91. The smallest absolute Gasteiger partial charge is 0.213 e. The Hall–Kier alpha value is -0.430. The zero-order valence-corrected chi connectivity index (χ0v) is 11.4. The number of sulfonamides is 1. The Balaban J connectivity index is 2.76. The van der Waals surface area contributed by atoms with Crippen molar-refractivity contribution in [3.63, 3.8) is 0 Å². The van der Waals surface area contributed by atoms with Gasteiger partial charge < -0.3 is 5.73 Å². The molecule has 1 atom stereocenters. The summed E-state index contributed by atoms with van der Waals surface area (Å²) >= 11 is 3.34. The van der Waals surface area contributed by atoms with Crippen LogP contribution in [0, 0.1) is 0 Å². The van der Waals surface area contributed by atoms with Crippen molar-refractivity contribution in [2.24, 2.45) is 5.73 Å². The van der Waals surface area contributed by atoms with E-state index in [4.69, 9.17) is 5.73 Å². The highest BCUT2D eigenvalue weighted by Crippen LogP contribution is 2.18. The lowest BCUT2D eigenvalue weighted by Gasteiger charge is -2.14. The van der Waals surface area contributed by atoms with Crippen molar-refractivity contribution >= 4 is 26.0 Å². The van der Waals surface area contributed by atoms with Crippen LogP contribution in [-0.2, 0) is 10.0 Å². The van der Waals surface area contributed by atoms with Gasteiger partial charge in [-0.05, 0) is 24.6 Å². The molecule has 1 unspecified atom stereocenters. The Bertz CT molecular complexity index is 448. The lowest BCUT2D eigenvalue weighted by molar-refractivity contribution is 0.567. The lowest BCUT2D eigenvalue weighted by atomic mass is 10.1. The van der Waals surface area contributed by atoms with Gasteiger partial charge in [0, 0.05) is 17.1 Å². The maximum atomic E-state index is 11.5. The summed E-state index contributed by atoms with van der Waals surface area (Å²) < 4.78 is 26.5. The minimum Gasteiger partial charge on any atom is -0.329 e. The van der Waals surface area contributed by atoms with E-state index in [1.54, 1.807) is 6.92 Å². The van der Waals surface area contributed by atoms with E-state index in [1.165, 1.54) is 0 Å². The van der Waals surface area contributed by atoms with Crippen LogP contribution in [-0.4, -0.2) is 20.7 Å². The zero-order valence-electron chi connectivity index (χ0n) is 8.98. The number of hydrogen-bond acceptors (Lipinski definition) is 3. The summed E-state index contributed by atoms with van der Waals surface area (Å²) in [5.41, 5.74) is 6.14. The number of nitrogens with one attached hydrogen (secondary N) is 1. The van der Waals surface area contributed by atoms with Gasteiger partial charge in [-0.2, -0.15) is 0 Å². The molecule has 0 saturated carbocycles. The average molecular weight is 307 g/mol. The van der Waals surface area contributed by atoms with Crippen LogP contribution in [0.3, 0.4) is 0 Å². The first-order valence-electron chi connectivity index (χ1n) is 4.90. The summed E-state index contributed by atoms with van der Waals surface area (Å²) in [6.45, 7) is 1.93. The second-order valence-corrected chi connectivity index (χ2v) is 6.29. The van der Waals surface area contributed by atoms with Crippen LogP contribution in [0.1, 0.15) is 18.5 Å². The van der Waals surface area contributed by atoms with E-state index in [0.29, 0.717) is 0 Å². The maximum absolute atomic E-state index is 11.5. The van der Waals surface area contributed by atoms with E-state index in [0.717, 1.165) is 10.0 Å². The average Bonchev–Trinajstić information content (AvgIpc) is 2.16. The van der Waals surface area contributed by atoms with Gasteiger partial charge in [0.05, 0.1) is 5.75 Å². The SMILES string of the molecule is CC(NS(=O)(=O)CCN)c1cccc(Br)c1. The monoisotopic (exact) mass is 306 g/mol. The van der Waals surface area contributed by atoms with Gasteiger partial charge in [-0.1, -0.05) is 28.1 Å². The molecule has 0 saturated heterocycles. The molecule has 4 nitrogen and oxygen atoms in total. The summed E-state index contributed by atoms with van der Waals surface area (Å²) in [5, 5.41) is 0. The van der Waals surface area contributed by atoms with Gasteiger partial charge in [-0.3, -0.25) is 0 Å². The predicted octanol–water partition coefficient (Wildman–Crippen LogP) is 1.39. The Morgan fingerprint density at radius 2 is 2.19 bits per heavy atom. The first-order chi connectivity index (χ1) is 7.44. The van der Waals surface area contributed by atoms with E-state index in [1.807, 2.05) is 24.3 Å². The third-order valence-electron chi connectivity index (χ3n) is 2.09. The molecule has 3 N–H and O–H groups in total. The van der Waals surface area contributed by atoms with Gasteiger partial charge in [-0.25, -0.2) is 13.1 Å². The molecule has 1 aromatic rings. The molecule has 6 heteroatoms. The lowest BCUT2D eigenvalue weighted by Crippen LogP contribution is -2.31. The van der Waals surface area contributed by atoms with Crippen molar-refractivity contribution in [2.45, 2.75) is 13.0 Å². The summed E-state index contributed by atoms with van der Waals surface area (Å²) in [5.74, 6) is -0.0503. The van der Waals surface area contributed by atoms with Gasteiger partial charge >= 0.3 is 0 Å². The Morgan fingerprint density at radius 1 is 1.50 bits per heavy atom. The molecule has 1 aromatic carbocycles. The van der Waals surface area contributed by atoms with Crippen molar-refractivity contribution in [2.75, 3.05) is 12.3 Å². The van der Waals surface area contributed by atoms with Crippen molar-refractivity contribution in [3.8, 4) is 0 Å². The predicted molar refractivity (Wildman–Crippen MR) is 68.5 cm³/mol. The molecule has 0 heterocycles. The molecule has 0 aliphatic carbocycles. The van der Waals surface area contributed by atoms with Crippen LogP contribution in [0.25, 0.3) is 0 Å². The van der Waals surface area contributed by atoms with Crippen molar-refractivity contribution < 1.29 is 8.42 Å². The van der Waals surface area contributed by atoms with Crippen LogP contribution < -0.4 is 10.5 Å². The fraction of sp³-hybridized carbons (Fsp3) is 0.400. The van der Waals surface area contributed by atoms with Crippen LogP contribution >= 0.6 is 15.9 Å². The van der Waals surface area contributed by atoms with Gasteiger partial charge in [-0.15, -0.1) is 0 Å². The molecule has 0 spiro atoms. The number of nitrogens with two attached hydrogens (primary N) is 1.